The minimum atomic E-state index is 0.598. The van der Waals surface area contributed by atoms with E-state index in [-0.39, 0.29) is 0 Å². The van der Waals surface area contributed by atoms with Crippen LogP contribution in [-0.4, -0.2) is 23.7 Å². The molecule has 3 heteroatoms. The highest BCUT2D eigenvalue weighted by Gasteiger charge is 2.36. The molecule has 86 valence electrons. The Hall–Kier alpha value is -1.77. The third-order valence-electron chi connectivity index (χ3n) is 3.94. The molecular weight excluding hydrogens is 212 g/mol. The van der Waals surface area contributed by atoms with Crippen LogP contribution in [0.3, 0.4) is 0 Å². The van der Waals surface area contributed by atoms with Crippen molar-refractivity contribution in [3.05, 3.63) is 35.5 Å². The Morgan fingerprint density at radius 2 is 2.00 bits per heavy atom. The van der Waals surface area contributed by atoms with Gasteiger partial charge in [-0.05, 0) is 25.0 Å². The molecule has 4 aliphatic rings. The van der Waals surface area contributed by atoms with Gasteiger partial charge in [-0.1, -0.05) is 23.4 Å². The highest BCUT2D eigenvalue weighted by atomic mass is 16.6. The number of oxime groups is 1. The van der Waals surface area contributed by atoms with Crippen LogP contribution in [0, 0.1) is 5.92 Å². The number of piperidine rings is 3. The summed E-state index contributed by atoms with van der Waals surface area (Å²) in [5, 5.41) is 4.38. The van der Waals surface area contributed by atoms with Crippen LogP contribution in [0.1, 0.15) is 18.4 Å². The van der Waals surface area contributed by atoms with Gasteiger partial charge in [-0.25, -0.2) is 0 Å². The van der Waals surface area contributed by atoms with E-state index < -0.39 is 0 Å². The zero-order valence-corrected chi connectivity index (χ0v) is 9.60. The van der Waals surface area contributed by atoms with Gasteiger partial charge in [-0.15, -0.1) is 0 Å². The summed E-state index contributed by atoms with van der Waals surface area (Å²) in [6, 6.07) is 8.09. The first-order valence-electron chi connectivity index (χ1n) is 6.23. The molecule has 3 fully saturated rings. The van der Waals surface area contributed by atoms with E-state index in [1.165, 1.54) is 18.5 Å². The predicted octanol–water partition coefficient (Wildman–Crippen LogP) is 2.50. The highest BCUT2D eigenvalue weighted by Crippen LogP contribution is 2.36. The SMILES string of the molecule is C1=C2C(=NOc3ccccc31)C1CCN2CC1. The second-order valence-corrected chi connectivity index (χ2v) is 4.90. The topological polar surface area (TPSA) is 24.8 Å². The Morgan fingerprint density at radius 3 is 2.88 bits per heavy atom. The standard InChI is InChI=1S/C14H14N2O/c1-2-4-13-11(3-1)9-12-14(15-17-13)10-5-7-16(12)8-6-10/h1-4,9-10H,5-8H2. The smallest absolute Gasteiger partial charge is 0.165 e. The number of nitrogens with zero attached hydrogens (tertiary/aromatic N) is 2. The third-order valence-corrected chi connectivity index (χ3v) is 3.94. The van der Waals surface area contributed by atoms with E-state index in [0.717, 1.165) is 30.1 Å². The molecule has 0 radical (unpaired) electrons. The summed E-state index contributed by atoms with van der Waals surface area (Å²) in [4.78, 5) is 8.01. The molecule has 0 atom stereocenters. The predicted molar refractivity (Wildman–Crippen MR) is 66.8 cm³/mol. The van der Waals surface area contributed by atoms with Gasteiger partial charge in [0.1, 0.15) is 5.71 Å². The van der Waals surface area contributed by atoms with E-state index in [4.69, 9.17) is 4.84 Å². The Kier molecular flexibility index (Phi) is 1.83. The van der Waals surface area contributed by atoms with Crippen LogP contribution in [0.25, 0.3) is 6.08 Å². The molecule has 17 heavy (non-hydrogen) atoms. The maximum atomic E-state index is 5.58. The Labute approximate surface area is 100 Å². The lowest BCUT2D eigenvalue weighted by Gasteiger charge is -2.42. The molecule has 1 aromatic carbocycles. The third kappa shape index (κ3) is 1.32. The normalized spacial score (nSPS) is 22.0. The van der Waals surface area contributed by atoms with Gasteiger partial charge in [-0.2, -0.15) is 0 Å². The van der Waals surface area contributed by atoms with Gasteiger partial charge < -0.3 is 9.74 Å². The van der Waals surface area contributed by atoms with Gasteiger partial charge in [0.05, 0.1) is 5.70 Å². The second kappa shape index (κ2) is 3.36. The first-order valence-corrected chi connectivity index (χ1v) is 6.23. The summed E-state index contributed by atoms with van der Waals surface area (Å²) in [6.07, 6.45) is 4.66. The Bertz CT molecular complexity index is 525. The van der Waals surface area contributed by atoms with Gasteiger partial charge in [0.2, 0.25) is 0 Å². The molecule has 4 aliphatic heterocycles. The summed E-state index contributed by atoms with van der Waals surface area (Å²) in [6.45, 7) is 2.33. The van der Waals surface area contributed by atoms with Crippen molar-refractivity contribution in [3.8, 4) is 5.75 Å². The van der Waals surface area contributed by atoms with E-state index in [1.54, 1.807) is 0 Å². The van der Waals surface area contributed by atoms with Crippen molar-refractivity contribution in [2.45, 2.75) is 12.8 Å². The van der Waals surface area contributed by atoms with Gasteiger partial charge in [0, 0.05) is 24.6 Å². The maximum absolute atomic E-state index is 5.58. The van der Waals surface area contributed by atoms with Crippen LogP contribution in [-0.2, 0) is 0 Å². The molecule has 3 nitrogen and oxygen atoms in total. The van der Waals surface area contributed by atoms with E-state index >= 15 is 0 Å². The molecule has 0 unspecified atom stereocenters. The molecule has 0 aromatic heterocycles. The fourth-order valence-electron chi connectivity index (χ4n) is 2.98. The molecule has 5 rings (SSSR count). The molecule has 4 heterocycles. The number of fused-ring (bicyclic) bond motifs is 3. The molecule has 0 aliphatic carbocycles. The molecule has 0 saturated carbocycles. The molecule has 0 spiro atoms. The van der Waals surface area contributed by atoms with Gasteiger partial charge in [0.25, 0.3) is 0 Å². The van der Waals surface area contributed by atoms with Crippen molar-refractivity contribution in [1.82, 2.24) is 4.90 Å². The largest absolute Gasteiger partial charge is 0.370 e. The second-order valence-electron chi connectivity index (χ2n) is 4.90. The van der Waals surface area contributed by atoms with Gasteiger partial charge >= 0.3 is 0 Å². The van der Waals surface area contributed by atoms with Crippen molar-refractivity contribution in [2.75, 3.05) is 13.1 Å². The average molecular weight is 226 g/mol. The van der Waals surface area contributed by atoms with E-state index in [9.17, 15) is 0 Å². The highest BCUT2D eigenvalue weighted by molar-refractivity contribution is 6.06. The minimum absolute atomic E-state index is 0.598. The van der Waals surface area contributed by atoms with Crippen LogP contribution in [0.4, 0.5) is 0 Å². The van der Waals surface area contributed by atoms with Crippen LogP contribution in [0.2, 0.25) is 0 Å². The lowest BCUT2D eigenvalue weighted by molar-refractivity contribution is 0.234. The molecule has 3 saturated heterocycles. The van der Waals surface area contributed by atoms with Crippen LogP contribution < -0.4 is 4.84 Å². The number of benzene rings is 1. The molecule has 0 N–H and O–H groups in total. The van der Waals surface area contributed by atoms with Crippen molar-refractivity contribution < 1.29 is 4.84 Å². The zero-order valence-electron chi connectivity index (χ0n) is 9.60. The van der Waals surface area contributed by atoms with Crippen molar-refractivity contribution in [2.24, 2.45) is 11.1 Å². The summed E-state index contributed by atoms with van der Waals surface area (Å²) >= 11 is 0. The minimum Gasteiger partial charge on any atom is -0.370 e. The summed E-state index contributed by atoms with van der Waals surface area (Å²) < 4.78 is 0. The van der Waals surface area contributed by atoms with Gasteiger partial charge in [-0.3, -0.25) is 0 Å². The van der Waals surface area contributed by atoms with Crippen molar-refractivity contribution in [3.63, 3.8) is 0 Å². The fourth-order valence-corrected chi connectivity index (χ4v) is 2.98. The first kappa shape index (κ1) is 9.28. The zero-order chi connectivity index (χ0) is 11.2. The Balaban J connectivity index is 1.88. The quantitative estimate of drug-likeness (QED) is 0.679. The van der Waals surface area contributed by atoms with E-state index in [2.05, 4.69) is 22.2 Å². The summed E-state index contributed by atoms with van der Waals surface area (Å²) in [7, 11) is 0. The van der Waals surface area contributed by atoms with Crippen molar-refractivity contribution >= 4 is 11.8 Å². The Morgan fingerprint density at radius 1 is 1.18 bits per heavy atom. The molecule has 0 amide bonds. The first-order chi connectivity index (χ1) is 8.42. The van der Waals surface area contributed by atoms with E-state index in [0.29, 0.717) is 5.92 Å². The summed E-state index contributed by atoms with van der Waals surface area (Å²) in [5.74, 6) is 1.46. The molecule has 1 aromatic rings. The van der Waals surface area contributed by atoms with Crippen LogP contribution >= 0.6 is 0 Å². The monoisotopic (exact) mass is 226 g/mol. The summed E-state index contributed by atoms with van der Waals surface area (Å²) in [5.41, 5.74) is 3.56. The number of hydrogen-bond acceptors (Lipinski definition) is 3. The molecular formula is C14H14N2O. The number of hydrogen-bond donors (Lipinski definition) is 0. The lowest BCUT2D eigenvalue weighted by Crippen LogP contribution is -2.46. The molecule has 2 bridgehead atoms. The average Bonchev–Trinajstić information content (AvgIpc) is 2.60. The number of rotatable bonds is 0. The van der Waals surface area contributed by atoms with E-state index in [1.807, 2.05) is 18.2 Å². The lowest BCUT2D eigenvalue weighted by atomic mass is 9.83. The van der Waals surface area contributed by atoms with Crippen LogP contribution in [0.5, 0.6) is 5.75 Å². The van der Waals surface area contributed by atoms with Gasteiger partial charge in [0.15, 0.2) is 5.75 Å². The van der Waals surface area contributed by atoms with Crippen molar-refractivity contribution in [1.29, 1.82) is 0 Å². The van der Waals surface area contributed by atoms with Crippen LogP contribution in [0.15, 0.2) is 35.1 Å². The number of para-hydroxylation sites is 1. The fraction of sp³-hybridized carbons (Fsp3) is 0.357. The number of allylic oxidation sites excluding steroid dienone is 1. The maximum Gasteiger partial charge on any atom is 0.165 e.